The number of piperidine rings is 1. The van der Waals surface area contributed by atoms with Gasteiger partial charge in [0.15, 0.2) is 11.6 Å². The molecular weight excluding hydrogens is 304 g/mol. The first kappa shape index (κ1) is 15.6. The van der Waals surface area contributed by atoms with E-state index in [9.17, 15) is 13.6 Å². The molecule has 2 heterocycles. The second kappa shape index (κ2) is 6.87. The van der Waals surface area contributed by atoms with E-state index in [1.54, 1.807) is 0 Å². The fourth-order valence-corrected chi connectivity index (χ4v) is 2.58. The van der Waals surface area contributed by atoms with Crippen molar-refractivity contribution in [1.82, 2.24) is 15.6 Å². The molecule has 122 valence electrons. The molecule has 0 bridgehead atoms. The van der Waals surface area contributed by atoms with E-state index in [2.05, 4.69) is 15.6 Å². The van der Waals surface area contributed by atoms with Crippen LogP contribution in [0.4, 0.5) is 8.78 Å². The first-order chi connectivity index (χ1) is 11.1. The van der Waals surface area contributed by atoms with Gasteiger partial charge in [-0.1, -0.05) is 6.07 Å². The molecule has 0 unspecified atom stereocenters. The first-order valence-electron chi connectivity index (χ1n) is 7.52. The minimum Gasteiger partial charge on any atom is -0.448 e. The van der Waals surface area contributed by atoms with E-state index in [0.29, 0.717) is 5.89 Å². The lowest BCUT2D eigenvalue weighted by atomic mass is 9.98. The Hall–Kier alpha value is -2.28. The molecule has 2 aromatic rings. The largest absolute Gasteiger partial charge is 0.448 e. The topological polar surface area (TPSA) is 67.2 Å². The van der Waals surface area contributed by atoms with Crippen molar-refractivity contribution < 1.29 is 18.0 Å². The van der Waals surface area contributed by atoms with Crippen LogP contribution in [-0.4, -0.2) is 24.0 Å². The second-order valence-corrected chi connectivity index (χ2v) is 5.51. The van der Waals surface area contributed by atoms with Gasteiger partial charge < -0.3 is 15.1 Å². The number of rotatable bonds is 4. The van der Waals surface area contributed by atoms with Crippen molar-refractivity contribution >= 4 is 5.91 Å². The number of nitrogens with one attached hydrogen (secondary N) is 2. The zero-order valence-corrected chi connectivity index (χ0v) is 12.4. The number of oxazole rings is 1. The number of aromatic nitrogens is 1. The maximum Gasteiger partial charge on any atom is 0.273 e. The Kier molecular flexibility index (Phi) is 4.66. The molecule has 23 heavy (non-hydrogen) atoms. The van der Waals surface area contributed by atoms with Gasteiger partial charge in [0.1, 0.15) is 17.9 Å². The molecule has 5 nitrogen and oxygen atoms in total. The summed E-state index contributed by atoms with van der Waals surface area (Å²) in [5.74, 6) is -1.02. The van der Waals surface area contributed by atoms with Crippen molar-refractivity contribution in [3.63, 3.8) is 0 Å². The number of carbonyl (C=O) groups is 1. The van der Waals surface area contributed by atoms with Crippen molar-refractivity contribution in [2.45, 2.75) is 25.3 Å². The van der Waals surface area contributed by atoms with Gasteiger partial charge in [0.25, 0.3) is 5.91 Å². The van der Waals surface area contributed by atoms with E-state index in [1.165, 1.54) is 12.3 Å². The highest BCUT2D eigenvalue weighted by Gasteiger charge is 2.22. The van der Waals surface area contributed by atoms with E-state index in [4.69, 9.17) is 4.42 Å². The van der Waals surface area contributed by atoms with Crippen LogP contribution in [0, 0.1) is 11.6 Å². The molecule has 3 rings (SSSR count). The Balaban J connectivity index is 1.61. The smallest absolute Gasteiger partial charge is 0.273 e. The highest BCUT2D eigenvalue weighted by Crippen LogP contribution is 2.24. The summed E-state index contributed by atoms with van der Waals surface area (Å²) in [5.41, 5.74) is 0.378. The lowest BCUT2D eigenvalue weighted by Gasteiger charge is -2.19. The quantitative estimate of drug-likeness (QED) is 0.907. The van der Waals surface area contributed by atoms with Gasteiger partial charge in [-0.15, -0.1) is 0 Å². The third-order valence-electron chi connectivity index (χ3n) is 3.90. The minimum absolute atomic E-state index is 0.0412. The molecule has 1 aliphatic heterocycles. The monoisotopic (exact) mass is 321 g/mol. The van der Waals surface area contributed by atoms with Crippen molar-refractivity contribution in [3.05, 3.63) is 53.2 Å². The van der Waals surface area contributed by atoms with Crippen LogP contribution in [0.15, 0.2) is 28.9 Å². The normalized spacial score (nSPS) is 15.6. The molecule has 2 N–H and O–H groups in total. The fraction of sp³-hybridized carbons (Fsp3) is 0.375. The summed E-state index contributed by atoms with van der Waals surface area (Å²) in [7, 11) is 0. The number of hydrogen-bond acceptors (Lipinski definition) is 4. The number of benzene rings is 1. The van der Waals surface area contributed by atoms with Crippen molar-refractivity contribution in [2.24, 2.45) is 0 Å². The third kappa shape index (κ3) is 3.73. The van der Waals surface area contributed by atoms with E-state index >= 15 is 0 Å². The molecule has 1 aromatic carbocycles. The van der Waals surface area contributed by atoms with Crippen LogP contribution in [0.1, 0.15) is 40.7 Å². The Morgan fingerprint density at radius 2 is 2.13 bits per heavy atom. The van der Waals surface area contributed by atoms with Gasteiger partial charge in [-0.3, -0.25) is 4.79 Å². The number of hydrogen-bond donors (Lipinski definition) is 2. The van der Waals surface area contributed by atoms with Gasteiger partial charge >= 0.3 is 0 Å². The Labute approximate surface area is 132 Å². The highest BCUT2D eigenvalue weighted by atomic mass is 19.1. The maximum atomic E-state index is 13.5. The van der Waals surface area contributed by atoms with Gasteiger partial charge in [0, 0.05) is 24.1 Å². The second-order valence-electron chi connectivity index (χ2n) is 5.51. The molecule has 1 aromatic heterocycles. The molecule has 1 aliphatic rings. The first-order valence-corrected chi connectivity index (χ1v) is 7.52. The molecule has 1 fully saturated rings. The van der Waals surface area contributed by atoms with Gasteiger partial charge in [-0.05, 0) is 32.0 Å². The zero-order chi connectivity index (χ0) is 16.2. The van der Waals surface area contributed by atoms with E-state index in [1.807, 2.05) is 0 Å². The summed E-state index contributed by atoms with van der Waals surface area (Å²) in [5, 5.41) is 5.81. The zero-order valence-electron chi connectivity index (χ0n) is 12.4. The SMILES string of the molecule is O=C(NCc1ccc(F)cc1F)c1coc(C2CCNCC2)n1. The van der Waals surface area contributed by atoms with E-state index in [-0.39, 0.29) is 23.7 Å². The number of halogens is 2. The molecule has 0 atom stereocenters. The summed E-state index contributed by atoms with van der Waals surface area (Å²) < 4.78 is 31.7. The van der Waals surface area contributed by atoms with Crippen LogP contribution < -0.4 is 10.6 Å². The van der Waals surface area contributed by atoms with Crippen LogP contribution >= 0.6 is 0 Å². The van der Waals surface area contributed by atoms with Crippen LogP contribution in [-0.2, 0) is 6.54 Å². The molecule has 0 aliphatic carbocycles. The van der Waals surface area contributed by atoms with E-state index in [0.717, 1.165) is 38.1 Å². The summed E-state index contributed by atoms with van der Waals surface area (Å²) >= 11 is 0. The average Bonchev–Trinajstić information content (AvgIpc) is 3.05. The molecule has 1 amide bonds. The van der Waals surface area contributed by atoms with Gasteiger partial charge in [0.05, 0.1) is 0 Å². The summed E-state index contributed by atoms with van der Waals surface area (Å²) in [6.07, 6.45) is 3.15. The lowest BCUT2D eigenvalue weighted by Crippen LogP contribution is -2.27. The lowest BCUT2D eigenvalue weighted by molar-refractivity contribution is 0.0945. The molecular formula is C16H17F2N3O2. The van der Waals surface area contributed by atoms with Crippen LogP contribution in [0.5, 0.6) is 0 Å². The Morgan fingerprint density at radius 3 is 2.87 bits per heavy atom. The van der Waals surface area contributed by atoms with Crippen LogP contribution in [0.2, 0.25) is 0 Å². The van der Waals surface area contributed by atoms with Crippen molar-refractivity contribution in [1.29, 1.82) is 0 Å². The van der Waals surface area contributed by atoms with Gasteiger partial charge in [-0.2, -0.15) is 0 Å². The highest BCUT2D eigenvalue weighted by molar-refractivity contribution is 5.91. The minimum atomic E-state index is -0.694. The predicted octanol–water partition coefficient (Wildman–Crippen LogP) is 2.35. The molecule has 1 saturated heterocycles. The van der Waals surface area contributed by atoms with Crippen molar-refractivity contribution in [3.8, 4) is 0 Å². The van der Waals surface area contributed by atoms with Crippen LogP contribution in [0.25, 0.3) is 0 Å². The molecule has 0 radical (unpaired) electrons. The average molecular weight is 321 g/mol. The Bertz CT molecular complexity index is 696. The maximum absolute atomic E-state index is 13.5. The summed E-state index contributed by atoms with van der Waals surface area (Å²) in [6.45, 7) is 1.76. The molecule has 0 saturated carbocycles. The number of amides is 1. The third-order valence-corrected chi connectivity index (χ3v) is 3.90. The van der Waals surface area contributed by atoms with Gasteiger partial charge in [0.2, 0.25) is 0 Å². The van der Waals surface area contributed by atoms with E-state index < -0.39 is 17.5 Å². The predicted molar refractivity (Wildman–Crippen MR) is 78.9 cm³/mol. The molecule has 7 heteroatoms. The number of nitrogens with zero attached hydrogens (tertiary/aromatic N) is 1. The van der Waals surface area contributed by atoms with Crippen LogP contribution in [0.3, 0.4) is 0 Å². The number of carbonyl (C=O) groups excluding carboxylic acids is 1. The standard InChI is InChI=1S/C16H17F2N3O2/c17-12-2-1-11(13(18)7-12)8-20-15(22)14-9-23-16(21-14)10-3-5-19-6-4-10/h1-2,7,9-10,19H,3-6,8H2,(H,20,22). The fourth-order valence-electron chi connectivity index (χ4n) is 2.58. The summed E-state index contributed by atoms with van der Waals surface area (Å²) in [6, 6.07) is 3.23. The Morgan fingerprint density at radius 1 is 1.35 bits per heavy atom. The van der Waals surface area contributed by atoms with Crippen molar-refractivity contribution in [2.75, 3.05) is 13.1 Å². The summed E-state index contributed by atoms with van der Waals surface area (Å²) in [4.78, 5) is 16.3. The molecule has 0 spiro atoms. The van der Waals surface area contributed by atoms with Gasteiger partial charge in [-0.25, -0.2) is 13.8 Å².